The van der Waals surface area contributed by atoms with E-state index in [-0.39, 0.29) is 28.8 Å². The number of ketones is 1. The maximum absolute atomic E-state index is 13.9. The number of hydrogen-bond acceptors (Lipinski definition) is 7. The van der Waals surface area contributed by atoms with Gasteiger partial charge in [0.15, 0.2) is 11.6 Å². The number of nitrogens with zero attached hydrogens (tertiary/aromatic N) is 3. The second-order valence-electron chi connectivity index (χ2n) is 7.93. The predicted molar refractivity (Wildman–Crippen MR) is 141 cm³/mol. The Balaban J connectivity index is 1.43. The van der Waals surface area contributed by atoms with Crippen LogP contribution in [0.3, 0.4) is 0 Å². The Morgan fingerprint density at radius 2 is 2.03 bits per heavy atom. The van der Waals surface area contributed by atoms with Crippen molar-refractivity contribution in [2.75, 3.05) is 16.7 Å². The lowest BCUT2D eigenvalue weighted by atomic mass is 10.1. The molecule has 0 amide bonds. The number of nitrogens with one attached hydrogen (secondary N) is 2. The van der Waals surface area contributed by atoms with Gasteiger partial charge in [-0.15, -0.1) is 0 Å². The molecule has 0 radical (unpaired) electrons. The molecule has 0 aliphatic heterocycles. The first-order chi connectivity index (χ1) is 17.4. The summed E-state index contributed by atoms with van der Waals surface area (Å²) in [5.74, 6) is -0.351. The van der Waals surface area contributed by atoms with E-state index < -0.39 is 5.82 Å². The first-order valence-corrected chi connectivity index (χ1v) is 12.3. The Bertz CT molecular complexity index is 1620. The average Bonchev–Trinajstić information content (AvgIpc) is 3.44. The molecule has 0 saturated heterocycles. The monoisotopic (exact) mass is 522 g/mol. The first kappa shape index (κ1) is 23.7. The molecule has 0 atom stereocenters. The Morgan fingerprint density at radius 1 is 1.22 bits per heavy atom. The summed E-state index contributed by atoms with van der Waals surface area (Å²) >= 11 is 7.74. The molecule has 182 valence electrons. The van der Waals surface area contributed by atoms with Crippen molar-refractivity contribution in [2.24, 2.45) is 0 Å². The minimum Gasteiger partial charge on any atom is -0.436 e. The van der Waals surface area contributed by atoms with Crippen molar-refractivity contribution < 1.29 is 13.9 Å². The Labute approximate surface area is 214 Å². The van der Waals surface area contributed by atoms with Crippen LogP contribution in [0.25, 0.3) is 16.6 Å². The Morgan fingerprint density at radius 3 is 2.78 bits per heavy atom. The number of halogens is 2. The summed E-state index contributed by atoms with van der Waals surface area (Å²) in [7, 11) is 0. The molecule has 0 fully saturated rings. The highest BCUT2D eigenvalue weighted by Crippen LogP contribution is 2.31. The van der Waals surface area contributed by atoms with Crippen LogP contribution in [0.2, 0.25) is 5.02 Å². The van der Waals surface area contributed by atoms with Crippen LogP contribution in [0.1, 0.15) is 21.6 Å². The van der Waals surface area contributed by atoms with Crippen LogP contribution < -0.4 is 15.2 Å². The zero-order chi connectivity index (χ0) is 25.4. The molecule has 0 saturated carbocycles. The van der Waals surface area contributed by atoms with E-state index in [0.29, 0.717) is 16.4 Å². The summed E-state index contributed by atoms with van der Waals surface area (Å²) in [5, 5.41) is 5.68. The summed E-state index contributed by atoms with van der Waals surface area (Å²) in [6.07, 6.45) is 4.82. The lowest BCUT2D eigenvalue weighted by molar-refractivity contribution is 0.103. The number of ether oxygens (including phenoxy) is 1. The number of aromatic amines is 1. The predicted octanol–water partition coefficient (Wildman–Crippen LogP) is 6.14. The van der Waals surface area contributed by atoms with Crippen LogP contribution >= 0.6 is 23.5 Å². The second kappa shape index (κ2) is 9.56. The molecule has 0 bridgehead atoms. The van der Waals surface area contributed by atoms with Gasteiger partial charge in [-0.1, -0.05) is 35.7 Å². The number of benzene rings is 2. The summed E-state index contributed by atoms with van der Waals surface area (Å²) in [4.78, 5) is 20.6. The molecule has 36 heavy (non-hydrogen) atoms. The molecule has 11 heteroatoms. The molecular formula is C25H20ClFN6O2S. The summed E-state index contributed by atoms with van der Waals surface area (Å²) in [5.41, 5.74) is 9.69. The number of pyridine rings is 1. The Hall–Kier alpha value is -4.02. The van der Waals surface area contributed by atoms with Gasteiger partial charge in [-0.3, -0.25) is 4.79 Å². The fraction of sp³-hybridized carbons (Fsp3) is 0.0800. The van der Waals surface area contributed by atoms with Crippen molar-refractivity contribution in [1.82, 2.24) is 19.7 Å². The number of carbonyl (C=O) groups is 1. The fourth-order valence-electron chi connectivity index (χ4n) is 3.78. The smallest absolute Gasteiger partial charge is 0.219 e. The third-order valence-corrected chi connectivity index (χ3v) is 6.29. The van der Waals surface area contributed by atoms with E-state index in [1.807, 2.05) is 19.2 Å². The van der Waals surface area contributed by atoms with Crippen LogP contribution in [0.5, 0.6) is 11.6 Å². The lowest BCUT2D eigenvalue weighted by Gasteiger charge is -2.11. The maximum Gasteiger partial charge on any atom is 0.219 e. The highest BCUT2D eigenvalue weighted by Gasteiger charge is 2.21. The molecule has 3 aromatic heterocycles. The van der Waals surface area contributed by atoms with E-state index in [1.165, 1.54) is 41.2 Å². The number of aromatic nitrogens is 4. The first-order valence-electron chi connectivity index (χ1n) is 10.7. The van der Waals surface area contributed by atoms with E-state index in [9.17, 15) is 9.18 Å². The SMILES string of the molecule is CSNc1cc2cc(C(=O)c3cnn(-c4cnc(Oc5ccccc5F)cc4C)c3N)[nH]c2cc1Cl. The van der Waals surface area contributed by atoms with Gasteiger partial charge in [0.2, 0.25) is 11.7 Å². The summed E-state index contributed by atoms with van der Waals surface area (Å²) in [6, 6.07) is 13.1. The summed E-state index contributed by atoms with van der Waals surface area (Å²) in [6.45, 7) is 1.81. The second-order valence-corrected chi connectivity index (χ2v) is 8.95. The molecule has 5 rings (SSSR count). The highest BCUT2D eigenvalue weighted by atomic mass is 35.5. The van der Waals surface area contributed by atoms with Gasteiger partial charge >= 0.3 is 0 Å². The van der Waals surface area contributed by atoms with Gasteiger partial charge in [-0.25, -0.2) is 14.1 Å². The molecule has 2 aromatic carbocycles. The van der Waals surface area contributed by atoms with Crippen molar-refractivity contribution in [3.05, 3.63) is 88.6 Å². The van der Waals surface area contributed by atoms with Gasteiger partial charge < -0.3 is 20.2 Å². The largest absolute Gasteiger partial charge is 0.436 e. The van der Waals surface area contributed by atoms with E-state index in [0.717, 1.165) is 22.2 Å². The van der Waals surface area contributed by atoms with Crippen LogP contribution in [-0.4, -0.2) is 31.8 Å². The Kier molecular flexibility index (Phi) is 6.29. The van der Waals surface area contributed by atoms with Crippen LogP contribution in [0, 0.1) is 12.7 Å². The third-order valence-electron chi connectivity index (χ3n) is 5.55. The normalized spacial score (nSPS) is 11.1. The number of nitrogens with two attached hydrogens (primary N) is 1. The molecule has 4 N–H and O–H groups in total. The number of carbonyl (C=O) groups excluding carboxylic acids is 1. The fourth-order valence-corrected chi connectivity index (χ4v) is 4.43. The quantitative estimate of drug-likeness (QED) is 0.174. The van der Waals surface area contributed by atoms with Crippen LogP contribution in [0.15, 0.2) is 60.9 Å². The number of para-hydroxylation sites is 1. The van der Waals surface area contributed by atoms with E-state index in [2.05, 4.69) is 19.8 Å². The molecule has 3 heterocycles. The zero-order valence-electron chi connectivity index (χ0n) is 19.2. The van der Waals surface area contributed by atoms with Gasteiger partial charge in [0.1, 0.15) is 5.82 Å². The topological polar surface area (TPSA) is 111 Å². The summed E-state index contributed by atoms with van der Waals surface area (Å²) < 4.78 is 24.0. The minimum absolute atomic E-state index is 0.0691. The van der Waals surface area contributed by atoms with Gasteiger partial charge in [0, 0.05) is 23.2 Å². The lowest BCUT2D eigenvalue weighted by Crippen LogP contribution is -2.09. The van der Waals surface area contributed by atoms with E-state index in [4.69, 9.17) is 22.1 Å². The van der Waals surface area contributed by atoms with E-state index >= 15 is 0 Å². The number of anilines is 2. The molecule has 0 unspecified atom stereocenters. The third kappa shape index (κ3) is 4.36. The average molecular weight is 523 g/mol. The van der Waals surface area contributed by atoms with Crippen molar-refractivity contribution in [1.29, 1.82) is 0 Å². The number of aryl methyl sites for hydroxylation is 1. The number of rotatable bonds is 7. The molecule has 0 spiro atoms. The van der Waals surface area contributed by atoms with Crippen molar-refractivity contribution in [2.45, 2.75) is 6.92 Å². The maximum atomic E-state index is 13.9. The number of fused-ring (bicyclic) bond motifs is 1. The number of hydrogen-bond donors (Lipinski definition) is 3. The molecule has 0 aliphatic rings. The van der Waals surface area contributed by atoms with Crippen molar-refractivity contribution in [3.63, 3.8) is 0 Å². The highest BCUT2D eigenvalue weighted by molar-refractivity contribution is 7.99. The van der Waals surface area contributed by atoms with Crippen molar-refractivity contribution >= 4 is 51.7 Å². The molecule has 5 aromatic rings. The molecule has 8 nitrogen and oxygen atoms in total. The number of nitrogen functional groups attached to an aromatic ring is 1. The van der Waals surface area contributed by atoms with Gasteiger partial charge in [-0.2, -0.15) is 5.10 Å². The van der Waals surface area contributed by atoms with E-state index in [1.54, 1.807) is 30.3 Å². The van der Waals surface area contributed by atoms with Crippen molar-refractivity contribution in [3.8, 4) is 17.3 Å². The number of H-pyrrole nitrogens is 1. The van der Waals surface area contributed by atoms with Gasteiger partial charge in [0.05, 0.1) is 40.0 Å². The molecular weight excluding hydrogens is 503 g/mol. The van der Waals surface area contributed by atoms with Gasteiger partial charge in [0.25, 0.3) is 0 Å². The standard InChI is InChI=1S/C25H20ClFN6O2S/c1-13-7-23(35-22-6-4-3-5-17(22)27)29-12-21(13)33-25(28)15(11-30-33)24(34)20-9-14-8-19(32-36-2)16(26)10-18(14)31-20/h3-12,31-32H,28H2,1-2H3. The van der Waals surface area contributed by atoms with Crippen LogP contribution in [0.4, 0.5) is 15.9 Å². The molecule has 0 aliphatic carbocycles. The zero-order valence-corrected chi connectivity index (χ0v) is 20.7. The van der Waals surface area contributed by atoms with Crippen LogP contribution in [-0.2, 0) is 0 Å². The minimum atomic E-state index is -0.489. The van der Waals surface area contributed by atoms with Gasteiger partial charge in [-0.05, 0) is 42.8 Å².